The number of hydrogen-bond donors (Lipinski definition) is 2. The van der Waals surface area contributed by atoms with Gasteiger partial charge in [0.05, 0.1) is 0 Å². The maximum Gasteiger partial charge on any atom is 0.0472 e. The second-order valence-corrected chi connectivity index (χ2v) is 6.84. The summed E-state index contributed by atoms with van der Waals surface area (Å²) in [5, 5.41) is 5.57. The highest BCUT2D eigenvalue weighted by atomic mass is 35.5. The number of H-pyrrole nitrogens is 1. The predicted molar refractivity (Wildman–Crippen MR) is 83.6 cm³/mol. The smallest absolute Gasteiger partial charge is 0.0472 e. The molecule has 2 aromatic rings. The Labute approximate surface area is 120 Å². The lowest BCUT2D eigenvalue weighted by Crippen LogP contribution is -2.29. The molecule has 2 rings (SSSR count). The molecule has 0 saturated carbocycles. The van der Waals surface area contributed by atoms with Crippen LogP contribution in [0.3, 0.4) is 0 Å². The number of rotatable bonds is 4. The van der Waals surface area contributed by atoms with Crippen LogP contribution < -0.4 is 5.32 Å². The minimum atomic E-state index is 0.348. The summed E-state index contributed by atoms with van der Waals surface area (Å²) in [6.45, 7) is 11.1. The average molecular weight is 279 g/mol. The van der Waals surface area contributed by atoms with Crippen molar-refractivity contribution in [3.05, 3.63) is 35.0 Å². The Hall–Kier alpha value is -0.990. The number of fused-ring (bicyclic) bond motifs is 1. The molecule has 104 valence electrons. The van der Waals surface area contributed by atoms with Gasteiger partial charge in [-0.3, -0.25) is 0 Å². The van der Waals surface area contributed by atoms with E-state index in [0.717, 1.165) is 23.6 Å². The van der Waals surface area contributed by atoms with Gasteiger partial charge in [0, 0.05) is 28.7 Å². The van der Waals surface area contributed by atoms with Gasteiger partial charge in [0.25, 0.3) is 0 Å². The molecule has 1 aromatic heterocycles. The van der Waals surface area contributed by atoms with Gasteiger partial charge in [-0.15, -0.1) is 0 Å². The summed E-state index contributed by atoms with van der Waals surface area (Å²) in [5.41, 5.74) is 2.75. The van der Waals surface area contributed by atoms with Gasteiger partial charge in [0.15, 0.2) is 0 Å². The van der Waals surface area contributed by atoms with Gasteiger partial charge in [-0.25, -0.2) is 0 Å². The van der Waals surface area contributed by atoms with Gasteiger partial charge in [-0.05, 0) is 35.6 Å². The van der Waals surface area contributed by atoms with Crippen LogP contribution in [0, 0.1) is 11.3 Å². The lowest BCUT2D eigenvalue weighted by atomic mass is 9.82. The van der Waals surface area contributed by atoms with E-state index in [0.29, 0.717) is 11.3 Å². The van der Waals surface area contributed by atoms with E-state index in [1.807, 2.05) is 12.1 Å². The third-order valence-electron chi connectivity index (χ3n) is 3.97. The molecule has 0 radical (unpaired) electrons. The van der Waals surface area contributed by atoms with E-state index in [9.17, 15) is 0 Å². The summed E-state index contributed by atoms with van der Waals surface area (Å²) in [6, 6.07) is 6.00. The Morgan fingerprint density at radius 1 is 1.32 bits per heavy atom. The number of aromatic nitrogens is 1. The molecule has 2 N–H and O–H groups in total. The largest absolute Gasteiger partial charge is 0.361 e. The molecule has 0 aliphatic rings. The second kappa shape index (κ2) is 5.56. The van der Waals surface area contributed by atoms with Crippen LogP contribution in [0.4, 0.5) is 0 Å². The molecular formula is C16H23ClN2. The number of halogens is 1. The van der Waals surface area contributed by atoms with E-state index in [-0.39, 0.29) is 0 Å². The third kappa shape index (κ3) is 3.52. The van der Waals surface area contributed by atoms with Crippen LogP contribution in [0.2, 0.25) is 5.02 Å². The first kappa shape index (κ1) is 14.4. The SMILES string of the molecule is CC(CNCc1c[nH]c2cc(Cl)ccc12)C(C)(C)C. The molecule has 0 spiro atoms. The van der Waals surface area contributed by atoms with Crippen molar-refractivity contribution in [2.24, 2.45) is 11.3 Å². The van der Waals surface area contributed by atoms with Gasteiger partial charge in [-0.1, -0.05) is 45.4 Å². The van der Waals surface area contributed by atoms with Gasteiger partial charge < -0.3 is 10.3 Å². The van der Waals surface area contributed by atoms with Gasteiger partial charge in [0.2, 0.25) is 0 Å². The minimum Gasteiger partial charge on any atom is -0.361 e. The topological polar surface area (TPSA) is 27.8 Å². The summed E-state index contributed by atoms with van der Waals surface area (Å²) >= 11 is 5.99. The van der Waals surface area contributed by atoms with Gasteiger partial charge in [-0.2, -0.15) is 0 Å². The first-order chi connectivity index (χ1) is 8.88. The summed E-state index contributed by atoms with van der Waals surface area (Å²) < 4.78 is 0. The van der Waals surface area contributed by atoms with Crippen molar-refractivity contribution >= 4 is 22.5 Å². The van der Waals surface area contributed by atoms with Crippen molar-refractivity contribution in [3.63, 3.8) is 0 Å². The summed E-state index contributed by atoms with van der Waals surface area (Å²) in [7, 11) is 0. The fraction of sp³-hybridized carbons (Fsp3) is 0.500. The Kier molecular flexibility index (Phi) is 4.22. The normalized spacial score (nSPS) is 13.9. The van der Waals surface area contributed by atoms with Crippen LogP contribution in [0.1, 0.15) is 33.3 Å². The Morgan fingerprint density at radius 3 is 2.74 bits per heavy atom. The predicted octanol–water partition coefficient (Wildman–Crippen LogP) is 4.59. The molecule has 1 aromatic carbocycles. The van der Waals surface area contributed by atoms with Crippen molar-refractivity contribution in [1.82, 2.24) is 10.3 Å². The first-order valence-electron chi connectivity index (χ1n) is 6.84. The molecule has 0 aliphatic heterocycles. The Bertz CT molecular complexity index is 551. The van der Waals surface area contributed by atoms with Crippen LogP contribution >= 0.6 is 11.6 Å². The van der Waals surface area contributed by atoms with Crippen LogP contribution in [0.15, 0.2) is 24.4 Å². The van der Waals surface area contributed by atoms with E-state index in [1.54, 1.807) is 0 Å². The van der Waals surface area contributed by atoms with E-state index in [1.165, 1.54) is 10.9 Å². The van der Waals surface area contributed by atoms with E-state index in [2.05, 4.69) is 50.3 Å². The zero-order chi connectivity index (χ0) is 14.0. The van der Waals surface area contributed by atoms with Gasteiger partial charge >= 0.3 is 0 Å². The lowest BCUT2D eigenvalue weighted by molar-refractivity contribution is 0.252. The molecule has 0 aliphatic carbocycles. The van der Waals surface area contributed by atoms with E-state index >= 15 is 0 Å². The standard InChI is InChI=1S/C16H23ClN2/c1-11(16(2,3)4)8-18-9-12-10-19-15-7-13(17)5-6-14(12)15/h5-7,10-11,18-19H,8-9H2,1-4H3. The van der Waals surface area contributed by atoms with Crippen molar-refractivity contribution in [1.29, 1.82) is 0 Å². The fourth-order valence-corrected chi connectivity index (χ4v) is 2.21. The number of nitrogens with one attached hydrogen (secondary N) is 2. The highest BCUT2D eigenvalue weighted by Gasteiger charge is 2.19. The van der Waals surface area contributed by atoms with E-state index < -0.39 is 0 Å². The van der Waals surface area contributed by atoms with Crippen LogP contribution in [-0.2, 0) is 6.54 Å². The highest BCUT2D eigenvalue weighted by molar-refractivity contribution is 6.31. The summed E-state index contributed by atoms with van der Waals surface area (Å²) in [6.07, 6.45) is 2.07. The zero-order valence-corrected chi connectivity index (χ0v) is 12.9. The molecule has 1 atom stereocenters. The van der Waals surface area contributed by atoms with Crippen LogP contribution in [0.25, 0.3) is 10.9 Å². The van der Waals surface area contributed by atoms with Crippen molar-refractivity contribution in [3.8, 4) is 0 Å². The molecule has 1 unspecified atom stereocenters. The molecular weight excluding hydrogens is 256 g/mol. The van der Waals surface area contributed by atoms with Gasteiger partial charge in [0.1, 0.15) is 0 Å². The quantitative estimate of drug-likeness (QED) is 0.841. The number of hydrogen-bond acceptors (Lipinski definition) is 1. The molecule has 0 fully saturated rings. The van der Waals surface area contributed by atoms with Crippen molar-refractivity contribution < 1.29 is 0 Å². The second-order valence-electron chi connectivity index (χ2n) is 6.40. The molecule has 0 amide bonds. The monoisotopic (exact) mass is 278 g/mol. The van der Waals surface area contributed by atoms with E-state index in [4.69, 9.17) is 11.6 Å². The Morgan fingerprint density at radius 2 is 2.05 bits per heavy atom. The summed E-state index contributed by atoms with van der Waals surface area (Å²) in [4.78, 5) is 3.27. The van der Waals surface area contributed by atoms with Crippen molar-refractivity contribution in [2.75, 3.05) is 6.54 Å². The molecule has 1 heterocycles. The molecule has 0 bridgehead atoms. The number of aromatic amines is 1. The highest BCUT2D eigenvalue weighted by Crippen LogP contribution is 2.25. The Balaban J connectivity index is 1.99. The maximum absolute atomic E-state index is 5.99. The average Bonchev–Trinajstić information content (AvgIpc) is 2.70. The zero-order valence-electron chi connectivity index (χ0n) is 12.2. The molecule has 3 heteroatoms. The molecule has 19 heavy (non-hydrogen) atoms. The van der Waals surface area contributed by atoms with Crippen LogP contribution in [0.5, 0.6) is 0 Å². The molecule has 0 saturated heterocycles. The van der Waals surface area contributed by atoms with Crippen LogP contribution in [-0.4, -0.2) is 11.5 Å². The molecule has 2 nitrogen and oxygen atoms in total. The van der Waals surface area contributed by atoms with Crippen molar-refractivity contribution in [2.45, 2.75) is 34.2 Å². The summed E-state index contributed by atoms with van der Waals surface area (Å²) in [5.74, 6) is 0.646. The first-order valence-corrected chi connectivity index (χ1v) is 7.22. The maximum atomic E-state index is 5.99. The fourth-order valence-electron chi connectivity index (χ4n) is 2.03. The number of benzene rings is 1. The lowest BCUT2D eigenvalue weighted by Gasteiger charge is -2.27. The third-order valence-corrected chi connectivity index (χ3v) is 4.21. The minimum absolute atomic E-state index is 0.348.